The number of H-pyrrole nitrogens is 1. The first-order chi connectivity index (χ1) is 27.6. The van der Waals surface area contributed by atoms with Crippen LogP contribution in [0.4, 0.5) is 4.79 Å². The number of amides is 3. The van der Waals surface area contributed by atoms with Crippen LogP contribution < -0.4 is 16.4 Å². The molecule has 0 spiro atoms. The first-order valence-corrected chi connectivity index (χ1v) is 22.4. The third-order valence-electron chi connectivity index (χ3n) is 15.7. The van der Waals surface area contributed by atoms with Crippen LogP contribution in [0.1, 0.15) is 136 Å². The molecule has 4 saturated carbocycles. The van der Waals surface area contributed by atoms with Gasteiger partial charge in [0, 0.05) is 56.5 Å². The van der Waals surface area contributed by atoms with Crippen molar-refractivity contribution in [3.05, 3.63) is 36.4 Å². The predicted molar refractivity (Wildman–Crippen MR) is 221 cm³/mol. The van der Waals surface area contributed by atoms with Crippen LogP contribution in [0.5, 0.6) is 0 Å². The number of rotatable bonds is 12. The molecule has 0 aromatic carbocycles. The standard InChI is InChI=1S/C45H70N8O5/c1-28(34-13-14-35-33-12-11-29-9-7-8-18-44(29,5)36(33)16-19-45(34,35)6)10-15-39(54)51-32-22-38(40(55)48-20-17-30-23-47-26-49-30)53(25-32)41(56)37(46)21-31-24-52(27-50-31)42(57)58-43(2,3)4/h23-24,26-29,32-38H,7-22,25,46H2,1-6H3,(H,47,49)(H,48,55)(H,51,54)/t28-,29?,32+,33?,34-,35?,36?,37?,38+,44+,45-/m1/s1. The SMILES string of the molecule is C[C@H](CCC(=O)N[C@H]1C[C@@H](C(=O)NCCc2cnc[nH]2)N(C(=O)C(N)Cc2cn(C(=O)OC(C)(C)C)cn2)C1)[C@H]1CCC2C3CCC4CCCC[C@]4(C)C3CC[C@@]21C. The fourth-order valence-corrected chi connectivity index (χ4v) is 12.8. The van der Waals surface area contributed by atoms with E-state index >= 15 is 0 Å². The molecule has 13 heteroatoms. The van der Waals surface area contributed by atoms with Gasteiger partial charge in [0.2, 0.25) is 17.7 Å². The molecule has 2 aromatic rings. The lowest BCUT2D eigenvalue weighted by Gasteiger charge is -2.61. The summed E-state index contributed by atoms with van der Waals surface area (Å²) in [5.74, 6) is 3.85. The second-order valence-electron chi connectivity index (χ2n) is 20.3. The van der Waals surface area contributed by atoms with Crippen molar-refractivity contribution in [1.29, 1.82) is 0 Å². The molecular weight excluding hydrogens is 733 g/mol. The topological polar surface area (TPSA) is 177 Å². The zero-order chi connectivity index (χ0) is 41.4. The zero-order valence-corrected chi connectivity index (χ0v) is 35.9. The van der Waals surface area contributed by atoms with Crippen molar-refractivity contribution in [1.82, 2.24) is 35.1 Å². The van der Waals surface area contributed by atoms with Crippen LogP contribution in [0, 0.1) is 46.3 Å². The maximum absolute atomic E-state index is 13.9. The molecule has 0 bridgehead atoms. The Morgan fingerprint density at radius 2 is 1.83 bits per heavy atom. The molecule has 13 nitrogen and oxygen atoms in total. The van der Waals surface area contributed by atoms with Crippen LogP contribution in [0.25, 0.3) is 0 Å². The molecule has 7 rings (SSSR count). The molecule has 320 valence electrons. The van der Waals surface area contributed by atoms with Crippen LogP contribution in [-0.4, -0.2) is 85.0 Å². The fourth-order valence-electron chi connectivity index (χ4n) is 12.8. The molecule has 5 fully saturated rings. The van der Waals surface area contributed by atoms with E-state index in [0.29, 0.717) is 54.2 Å². The maximum atomic E-state index is 13.9. The highest BCUT2D eigenvalue weighted by Gasteiger charge is 2.60. The van der Waals surface area contributed by atoms with E-state index in [9.17, 15) is 19.2 Å². The number of aromatic nitrogens is 4. The summed E-state index contributed by atoms with van der Waals surface area (Å²) >= 11 is 0. The van der Waals surface area contributed by atoms with Gasteiger partial charge in [-0.25, -0.2) is 19.3 Å². The molecule has 5 aliphatic rings. The molecule has 4 aliphatic carbocycles. The number of nitrogens with two attached hydrogens (primary N) is 1. The Bertz CT molecular complexity index is 1770. The normalized spacial score (nSPS) is 33.0. The molecule has 11 atom stereocenters. The first kappa shape index (κ1) is 42.4. The van der Waals surface area contributed by atoms with Crippen LogP contribution >= 0.6 is 0 Å². The number of ether oxygens (including phenoxy) is 1. The molecule has 5 N–H and O–H groups in total. The van der Waals surface area contributed by atoms with Crippen molar-refractivity contribution in [2.45, 2.75) is 162 Å². The fraction of sp³-hybridized carbons (Fsp3) is 0.778. The van der Waals surface area contributed by atoms with E-state index in [-0.39, 0.29) is 30.8 Å². The van der Waals surface area contributed by atoms with Crippen molar-refractivity contribution in [3.8, 4) is 0 Å². The molecule has 1 saturated heterocycles. The highest BCUT2D eigenvalue weighted by Crippen LogP contribution is 2.68. The molecule has 5 unspecified atom stereocenters. The Morgan fingerprint density at radius 1 is 1.03 bits per heavy atom. The number of carbonyl (C=O) groups excluding carboxylic acids is 4. The van der Waals surface area contributed by atoms with Crippen LogP contribution in [-0.2, 0) is 32.0 Å². The molecule has 2 aromatic heterocycles. The highest BCUT2D eigenvalue weighted by atomic mass is 16.6. The number of carbonyl (C=O) groups is 4. The number of hydrogen-bond acceptors (Lipinski definition) is 8. The molecule has 1 aliphatic heterocycles. The van der Waals surface area contributed by atoms with Gasteiger partial charge in [0.25, 0.3) is 0 Å². The first-order valence-electron chi connectivity index (χ1n) is 22.4. The summed E-state index contributed by atoms with van der Waals surface area (Å²) in [5, 5.41) is 6.17. The lowest BCUT2D eigenvalue weighted by atomic mass is 9.44. The number of likely N-dealkylation sites (tertiary alicyclic amines) is 1. The zero-order valence-electron chi connectivity index (χ0n) is 35.9. The van der Waals surface area contributed by atoms with Gasteiger partial charge in [-0.05, 0) is 131 Å². The molecule has 58 heavy (non-hydrogen) atoms. The third kappa shape index (κ3) is 8.89. The van der Waals surface area contributed by atoms with Gasteiger partial charge in [0.1, 0.15) is 18.0 Å². The van der Waals surface area contributed by atoms with Crippen molar-refractivity contribution in [2.75, 3.05) is 13.1 Å². The van der Waals surface area contributed by atoms with E-state index in [1.807, 2.05) is 0 Å². The minimum absolute atomic E-state index is 0.0338. The van der Waals surface area contributed by atoms with Gasteiger partial charge < -0.3 is 31.0 Å². The van der Waals surface area contributed by atoms with Crippen LogP contribution in [0.2, 0.25) is 0 Å². The van der Waals surface area contributed by atoms with Gasteiger partial charge in [0.15, 0.2) is 0 Å². The monoisotopic (exact) mass is 803 g/mol. The van der Waals surface area contributed by atoms with Gasteiger partial charge in [0.05, 0.1) is 18.1 Å². The van der Waals surface area contributed by atoms with Gasteiger partial charge in [-0.15, -0.1) is 0 Å². The van der Waals surface area contributed by atoms with Gasteiger partial charge in [-0.3, -0.25) is 14.4 Å². The molecular formula is C45H70N8O5. The summed E-state index contributed by atoms with van der Waals surface area (Å²) in [5.41, 5.74) is 8.04. The van der Waals surface area contributed by atoms with Crippen molar-refractivity contribution in [2.24, 2.45) is 52.1 Å². The molecule has 3 amide bonds. The Balaban J connectivity index is 0.945. The van der Waals surface area contributed by atoms with E-state index < -0.39 is 29.7 Å². The number of fused-ring (bicyclic) bond motifs is 5. The average Bonchev–Trinajstić information content (AvgIpc) is 4.00. The number of nitrogens with one attached hydrogen (secondary N) is 3. The lowest BCUT2D eigenvalue weighted by Crippen LogP contribution is -2.53. The maximum Gasteiger partial charge on any atom is 0.419 e. The van der Waals surface area contributed by atoms with Crippen LogP contribution in [0.15, 0.2) is 25.0 Å². The Labute approximate surface area is 345 Å². The summed E-state index contributed by atoms with van der Waals surface area (Å²) in [7, 11) is 0. The Morgan fingerprint density at radius 3 is 2.59 bits per heavy atom. The summed E-state index contributed by atoms with van der Waals surface area (Å²) in [6.45, 7) is 13.5. The van der Waals surface area contributed by atoms with Gasteiger partial charge >= 0.3 is 6.09 Å². The summed E-state index contributed by atoms with van der Waals surface area (Å²) in [4.78, 5) is 66.6. The highest BCUT2D eigenvalue weighted by molar-refractivity contribution is 5.91. The van der Waals surface area contributed by atoms with E-state index in [0.717, 1.165) is 35.8 Å². The number of aromatic amines is 1. The van der Waals surface area contributed by atoms with Crippen molar-refractivity contribution < 1.29 is 23.9 Å². The smallest absolute Gasteiger partial charge is 0.419 e. The van der Waals surface area contributed by atoms with Gasteiger partial charge in [-0.1, -0.05) is 33.6 Å². The van der Waals surface area contributed by atoms with Crippen LogP contribution in [0.3, 0.4) is 0 Å². The average molecular weight is 803 g/mol. The second kappa shape index (κ2) is 17.1. The number of nitrogens with zero attached hydrogens (tertiary/aromatic N) is 4. The van der Waals surface area contributed by atoms with Gasteiger partial charge in [-0.2, -0.15) is 0 Å². The predicted octanol–water partition coefficient (Wildman–Crippen LogP) is 6.17. The Hall–Kier alpha value is -3.74. The number of imidazole rings is 2. The molecule has 3 heterocycles. The van der Waals surface area contributed by atoms with E-state index in [1.54, 1.807) is 33.3 Å². The van der Waals surface area contributed by atoms with E-state index in [2.05, 4.69) is 46.4 Å². The number of hydrogen-bond donors (Lipinski definition) is 4. The summed E-state index contributed by atoms with van der Waals surface area (Å²) in [6, 6.07) is -2.18. The summed E-state index contributed by atoms with van der Waals surface area (Å²) in [6.07, 6.45) is 21.6. The Kier molecular flexibility index (Phi) is 12.5. The van der Waals surface area contributed by atoms with E-state index in [1.165, 1.54) is 86.2 Å². The lowest BCUT2D eigenvalue weighted by molar-refractivity contribution is -0.139. The quantitative estimate of drug-likeness (QED) is 0.197. The second-order valence-corrected chi connectivity index (χ2v) is 20.3. The summed E-state index contributed by atoms with van der Waals surface area (Å²) < 4.78 is 6.65. The molecule has 0 radical (unpaired) electrons. The van der Waals surface area contributed by atoms with Crippen molar-refractivity contribution >= 4 is 23.8 Å². The van der Waals surface area contributed by atoms with Crippen molar-refractivity contribution in [3.63, 3.8) is 0 Å². The van der Waals surface area contributed by atoms with E-state index in [4.69, 9.17) is 10.5 Å². The minimum Gasteiger partial charge on any atom is -0.443 e. The third-order valence-corrected chi connectivity index (χ3v) is 15.7. The minimum atomic E-state index is -1.01. The largest absolute Gasteiger partial charge is 0.443 e.